The van der Waals surface area contributed by atoms with Crippen LogP contribution in [0.2, 0.25) is 0 Å². The monoisotopic (exact) mass is 358 g/mol. The molecular weight excluding hydrogens is 340 g/mol. The van der Waals surface area contributed by atoms with Gasteiger partial charge in [-0.05, 0) is 35.1 Å². The van der Waals surface area contributed by atoms with Gasteiger partial charge in [-0.15, -0.1) is 0 Å². The topological polar surface area (TPSA) is 103 Å². The number of aromatic nitrogens is 1. The average Bonchev–Trinajstić information content (AvgIpc) is 2.60. The fourth-order valence-corrected chi connectivity index (χ4v) is 3.28. The van der Waals surface area contributed by atoms with Gasteiger partial charge in [-0.3, -0.25) is 4.55 Å². The average molecular weight is 358 g/mol. The van der Waals surface area contributed by atoms with E-state index in [0.29, 0.717) is 17.1 Å². The zero-order chi connectivity index (χ0) is 18.0. The summed E-state index contributed by atoms with van der Waals surface area (Å²) in [5, 5.41) is 1.58. The van der Waals surface area contributed by atoms with Gasteiger partial charge >= 0.3 is 0 Å². The third-order valence-electron chi connectivity index (χ3n) is 4.03. The third-order valence-corrected chi connectivity index (χ3v) is 4.75. The second-order valence-corrected chi connectivity index (χ2v) is 7.24. The van der Waals surface area contributed by atoms with Gasteiger partial charge in [-0.25, -0.2) is 4.98 Å². The Kier molecular flexibility index (Phi) is 4.61. The van der Waals surface area contributed by atoms with Crippen LogP contribution < -0.4 is 10.5 Å². The molecule has 0 aliphatic heterocycles. The number of hydrogen-bond donors (Lipinski definition) is 2. The summed E-state index contributed by atoms with van der Waals surface area (Å²) in [5.74, 6) is 0.500. The Labute approximate surface area is 146 Å². The quantitative estimate of drug-likeness (QED) is 0.680. The van der Waals surface area contributed by atoms with Crippen LogP contribution in [0.15, 0.2) is 48.7 Å². The van der Waals surface area contributed by atoms with Crippen molar-refractivity contribution in [2.24, 2.45) is 0 Å². The number of hydrogen-bond acceptors (Lipinski definition) is 5. The van der Waals surface area contributed by atoms with Crippen molar-refractivity contribution in [3.63, 3.8) is 0 Å². The van der Waals surface area contributed by atoms with Crippen LogP contribution in [0.4, 0.5) is 5.82 Å². The van der Waals surface area contributed by atoms with Gasteiger partial charge in [0.05, 0.1) is 12.9 Å². The Balaban J connectivity index is 2.21. The Hall–Kier alpha value is -2.64. The highest BCUT2D eigenvalue weighted by molar-refractivity contribution is 7.85. The van der Waals surface area contributed by atoms with Gasteiger partial charge in [0.25, 0.3) is 10.1 Å². The Morgan fingerprint density at radius 3 is 2.52 bits per heavy atom. The lowest BCUT2D eigenvalue weighted by molar-refractivity contribution is 0.410. The first-order chi connectivity index (χ1) is 11.9. The molecule has 1 aromatic heterocycles. The summed E-state index contributed by atoms with van der Waals surface area (Å²) >= 11 is 0. The molecule has 1 heterocycles. The fraction of sp³-hybridized carbons (Fsp3) is 0.167. The maximum Gasteiger partial charge on any atom is 0.265 e. The van der Waals surface area contributed by atoms with Crippen molar-refractivity contribution < 1.29 is 17.7 Å². The van der Waals surface area contributed by atoms with E-state index in [9.17, 15) is 8.42 Å². The maximum atomic E-state index is 11.1. The number of nitrogens with zero attached hydrogens (tertiary/aromatic N) is 1. The molecule has 0 saturated carbocycles. The molecule has 0 bridgehead atoms. The summed E-state index contributed by atoms with van der Waals surface area (Å²) < 4.78 is 36.6. The van der Waals surface area contributed by atoms with Crippen LogP contribution in [0.25, 0.3) is 21.9 Å². The summed E-state index contributed by atoms with van der Waals surface area (Å²) in [4.78, 5) is 4.26. The normalized spacial score (nSPS) is 11.6. The lowest BCUT2D eigenvalue weighted by atomic mass is 9.97. The number of benzene rings is 2. The first-order valence-electron chi connectivity index (χ1n) is 7.65. The molecular formula is C18H18N2O4S. The number of pyridine rings is 1. The Morgan fingerprint density at radius 1 is 1.16 bits per heavy atom. The molecule has 0 aliphatic rings. The zero-order valence-electron chi connectivity index (χ0n) is 13.6. The van der Waals surface area contributed by atoms with E-state index >= 15 is 0 Å². The minimum Gasteiger partial charge on any atom is -0.496 e. The number of ether oxygens (including phenoxy) is 1. The van der Waals surface area contributed by atoms with Crippen LogP contribution in [0.1, 0.15) is 5.56 Å². The molecule has 0 aliphatic carbocycles. The molecule has 0 fully saturated rings. The van der Waals surface area contributed by atoms with E-state index in [4.69, 9.17) is 15.0 Å². The van der Waals surface area contributed by atoms with Crippen LogP contribution in [-0.4, -0.2) is 30.8 Å². The molecule has 3 aromatic rings. The van der Waals surface area contributed by atoms with Crippen LogP contribution in [-0.2, 0) is 16.5 Å². The smallest absolute Gasteiger partial charge is 0.265 e. The summed E-state index contributed by atoms with van der Waals surface area (Å²) in [6.45, 7) is 0. The molecule has 0 saturated heterocycles. The Morgan fingerprint density at radius 2 is 1.88 bits per heavy atom. The van der Waals surface area contributed by atoms with Crippen molar-refractivity contribution in [1.82, 2.24) is 4.98 Å². The molecule has 7 heteroatoms. The highest BCUT2D eigenvalue weighted by Crippen LogP contribution is 2.35. The van der Waals surface area contributed by atoms with E-state index in [1.54, 1.807) is 12.3 Å². The van der Waals surface area contributed by atoms with Crippen molar-refractivity contribution in [2.75, 3.05) is 18.6 Å². The predicted molar refractivity (Wildman–Crippen MR) is 98.3 cm³/mol. The largest absolute Gasteiger partial charge is 0.496 e. The molecule has 3 N–H and O–H groups in total. The van der Waals surface area contributed by atoms with Crippen molar-refractivity contribution in [3.8, 4) is 16.9 Å². The lowest BCUT2D eigenvalue weighted by Gasteiger charge is -2.14. The van der Waals surface area contributed by atoms with Crippen molar-refractivity contribution >= 4 is 26.7 Å². The number of fused-ring (bicyclic) bond motifs is 1. The maximum absolute atomic E-state index is 11.1. The number of anilines is 1. The zero-order valence-corrected chi connectivity index (χ0v) is 14.5. The Bertz CT molecular complexity index is 1020. The second kappa shape index (κ2) is 6.70. The van der Waals surface area contributed by atoms with Crippen LogP contribution in [0.5, 0.6) is 5.75 Å². The van der Waals surface area contributed by atoms with E-state index < -0.39 is 10.1 Å². The molecule has 130 valence electrons. The predicted octanol–water partition coefficient (Wildman–Crippen LogP) is 2.92. The SMILES string of the molecule is COc1cc2c(N)ncc(-c3ccccc3)c2cc1CCS(=O)(=O)O. The minimum absolute atomic E-state index is 0.133. The van der Waals surface area contributed by atoms with Crippen LogP contribution >= 0.6 is 0 Å². The molecule has 2 aromatic carbocycles. The number of methoxy groups -OCH3 is 1. The van der Waals surface area contributed by atoms with Crippen LogP contribution in [0, 0.1) is 0 Å². The number of nitrogens with two attached hydrogens (primary N) is 1. The van der Waals surface area contributed by atoms with Gasteiger partial charge in [0.2, 0.25) is 0 Å². The number of aryl methyl sites for hydroxylation is 1. The lowest BCUT2D eigenvalue weighted by Crippen LogP contribution is -2.08. The van der Waals surface area contributed by atoms with Crippen molar-refractivity contribution in [1.29, 1.82) is 0 Å². The standard InChI is InChI=1S/C18H18N2O4S/c1-24-17-10-15-14(9-13(17)7-8-25(21,22)23)16(11-20-18(15)19)12-5-3-2-4-6-12/h2-6,9-11H,7-8H2,1H3,(H2,19,20)(H,21,22,23). The summed E-state index contributed by atoms with van der Waals surface area (Å²) in [7, 11) is -2.56. The highest BCUT2D eigenvalue weighted by Gasteiger charge is 2.14. The summed E-state index contributed by atoms with van der Waals surface area (Å²) in [5.41, 5.74) is 8.56. The minimum atomic E-state index is -4.06. The number of rotatable bonds is 5. The molecule has 0 unspecified atom stereocenters. The van der Waals surface area contributed by atoms with E-state index in [0.717, 1.165) is 21.9 Å². The van der Waals surface area contributed by atoms with E-state index in [-0.39, 0.29) is 12.2 Å². The second-order valence-electron chi connectivity index (χ2n) is 5.67. The molecule has 0 spiro atoms. The first-order valence-corrected chi connectivity index (χ1v) is 9.25. The van der Waals surface area contributed by atoms with Crippen molar-refractivity contribution in [3.05, 3.63) is 54.2 Å². The van der Waals surface area contributed by atoms with E-state index in [1.807, 2.05) is 36.4 Å². The van der Waals surface area contributed by atoms with E-state index in [1.165, 1.54) is 7.11 Å². The summed E-state index contributed by atoms with van der Waals surface area (Å²) in [6.07, 6.45) is 1.83. The molecule has 3 rings (SSSR count). The van der Waals surface area contributed by atoms with Gasteiger partial charge in [0, 0.05) is 17.1 Å². The van der Waals surface area contributed by atoms with E-state index in [2.05, 4.69) is 4.98 Å². The number of nitrogen functional groups attached to an aromatic ring is 1. The molecule has 0 atom stereocenters. The van der Waals surface area contributed by atoms with Gasteiger partial charge < -0.3 is 10.5 Å². The molecule has 25 heavy (non-hydrogen) atoms. The van der Waals surface area contributed by atoms with Gasteiger partial charge in [-0.2, -0.15) is 8.42 Å². The summed E-state index contributed by atoms with van der Waals surface area (Å²) in [6, 6.07) is 13.3. The highest BCUT2D eigenvalue weighted by atomic mass is 32.2. The molecule has 6 nitrogen and oxygen atoms in total. The fourth-order valence-electron chi connectivity index (χ4n) is 2.80. The van der Waals surface area contributed by atoms with Gasteiger partial charge in [-0.1, -0.05) is 30.3 Å². The van der Waals surface area contributed by atoms with Gasteiger partial charge in [0.1, 0.15) is 11.6 Å². The molecule has 0 radical (unpaired) electrons. The third kappa shape index (κ3) is 3.72. The first kappa shape index (κ1) is 17.2. The van der Waals surface area contributed by atoms with Crippen LogP contribution in [0.3, 0.4) is 0 Å². The van der Waals surface area contributed by atoms with Crippen molar-refractivity contribution in [2.45, 2.75) is 6.42 Å². The van der Waals surface area contributed by atoms with Gasteiger partial charge in [0.15, 0.2) is 0 Å². The molecule has 0 amide bonds.